The number of halogens is 7. The lowest BCUT2D eigenvalue weighted by atomic mass is 10.1. The van der Waals surface area contributed by atoms with E-state index in [4.69, 9.17) is 21.2 Å². The van der Waals surface area contributed by atoms with Crippen LogP contribution in [0.1, 0.15) is 5.56 Å². The molecule has 4 aromatic rings. The van der Waals surface area contributed by atoms with Crippen molar-refractivity contribution in [1.29, 1.82) is 0 Å². The molecule has 1 aliphatic heterocycles. The fourth-order valence-electron chi connectivity index (χ4n) is 4.16. The predicted octanol–water partition coefficient (Wildman–Crippen LogP) is 6.75. The lowest BCUT2D eigenvalue weighted by molar-refractivity contribution is -0.274. The average molecular weight is 715 g/mol. The topological polar surface area (TPSA) is 120 Å². The molecule has 0 spiro atoms. The Hall–Kier alpha value is -4.81. The third-order valence-electron chi connectivity index (χ3n) is 6.21. The van der Waals surface area contributed by atoms with E-state index in [1.165, 1.54) is 41.3 Å². The van der Waals surface area contributed by atoms with Crippen LogP contribution in [0.25, 0.3) is 17.1 Å². The predicted molar refractivity (Wildman–Crippen MR) is 162 cm³/mol. The van der Waals surface area contributed by atoms with Gasteiger partial charge in [0.15, 0.2) is 17.6 Å². The Bertz CT molecular complexity index is 1800. The number of rotatable bonds is 10. The zero-order valence-corrected chi connectivity index (χ0v) is 25.7. The highest BCUT2D eigenvalue weighted by Gasteiger charge is 2.35. The van der Waals surface area contributed by atoms with Crippen LogP contribution < -0.4 is 19.9 Å². The van der Waals surface area contributed by atoms with E-state index in [1.807, 2.05) is 0 Å². The maximum Gasteiger partial charge on any atom is 0.573 e. The number of hydrogen-bond donors (Lipinski definition) is 1. The van der Waals surface area contributed by atoms with Gasteiger partial charge in [-0.25, -0.2) is 19.9 Å². The molecule has 2 heterocycles. The van der Waals surface area contributed by atoms with E-state index in [9.17, 15) is 35.9 Å². The maximum absolute atomic E-state index is 12.7. The number of ether oxygens (including phenoxy) is 2. The van der Waals surface area contributed by atoms with Crippen molar-refractivity contribution in [1.82, 2.24) is 20.2 Å². The van der Waals surface area contributed by atoms with E-state index in [2.05, 4.69) is 25.3 Å². The normalized spacial score (nSPS) is 14.4. The Morgan fingerprint density at radius 2 is 1.75 bits per heavy atom. The Morgan fingerprint density at radius 1 is 1.02 bits per heavy atom. The molecule has 5 rings (SSSR count). The van der Waals surface area contributed by atoms with Crippen molar-refractivity contribution in [3.05, 3.63) is 83.6 Å². The van der Waals surface area contributed by atoms with Crippen LogP contribution in [0.4, 0.5) is 36.8 Å². The molecule has 252 valence electrons. The Morgan fingerprint density at radius 3 is 2.44 bits per heavy atom. The van der Waals surface area contributed by atoms with Crippen LogP contribution in [-0.2, 0) is 16.1 Å². The van der Waals surface area contributed by atoms with Gasteiger partial charge in [-0.3, -0.25) is 14.5 Å². The summed E-state index contributed by atoms with van der Waals surface area (Å²) >= 11 is 6.90. The largest absolute Gasteiger partial charge is 0.573 e. The van der Waals surface area contributed by atoms with Crippen LogP contribution >= 0.6 is 23.4 Å². The molecular weight excluding hydrogens is 694 g/mol. The average Bonchev–Trinajstić information content (AvgIpc) is 3.65. The molecule has 1 saturated heterocycles. The number of carbonyl (C=O) groups is 2. The minimum absolute atomic E-state index is 0.0381. The second kappa shape index (κ2) is 14.5. The van der Waals surface area contributed by atoms with Gasteiger partial charge in [0.2, 0.25) is 5.91 Å². The number of thioether (sulfide) groups is 1. The fraction of sp³-hybridized carbons (Fsp3) is 0.207. The van der Waals surface area contributed by atoms with Gasteiger partial charge in [-0.05, 0) is 54.4 Å². The summed E-state index contributed by atoms with van der Waals surface area (Å²) in [7, 11) is 0. The fourth-order valence-corrected chi connectivity index (χ4v) is 5.19. The molecule has 0 aliphatic carbocycles. The molecule has 3 aromatic carbocycles. The van der Waals surface area contributed by atoms with Gasteiger partial charge in [0, 0.05) is 10.6 Å². The molecule has 0 radical (unpaired) electrons. The van der Waals surface area contributed by atoms with Gasteiger partial charge in [0.25, 0.3) is 0 Å². The second-order valence-electron chi connectivity index (χ2n) is 9.69. The van der Waals surface area contributed by atoms with Crippen LogP contribution in [0.2, 0.25) is 5.02 Å². The standard InChI is InChI=1S/C29H21ClF6N6O5S/c30-19-5-10-23(45-15-28(31,32)33)22(13-19)42-24(43)14-48-27(42)38-26(44)40-46-12-11-17-1-3-18(4-2-17)25-37-16-41(39-25)20-6-8-21(9-7-20)47-29(34,35)36/h1-10,13,16H,11-12,14-15H2,(H,40,44). The number of nitrogens with zero attached hydrogens (tertiary/aromatic N) is 5. The van der Waals surface area contributed by atoms with Crippen LogP contribution in [0.3, 0.4) is 0 Å². The summed E-state index contributed by atoms with van der Waals surface area (Å²) in [6, 6.07) is 15.0. The van der Waals surface area contributed by atoms with Crippen molar-refractivity contribution in [3.63, 3.8) is 0 Å². The number of amides is 3. The van der Waals surface area contributed by atoms with Crippen LogP contribution in [0, 0.1) is 0 Å². The maximum atomic E-state index is 12.7. The molecule has 3 amide bonds. The summed E-state index contributed by atoms with van der Waals surface area (Å²) in [4.78, 5) is 39.2. The van der Waals surface area contributed by atoms with E-state index < -0.39 is 31.1 Å². The van der Waals surface area contributed by atoms with Gasteiger partial charge in [0.05, 0.1) is 23.7 Å². The number of aliphatic imine (C=N–C) groups is 1. The third kappa shape index (κ3) is 9.39. The molecule has 1 aliphatic rings. The van der Waals surface area contributed by atoms with Crippen LogP contribution in [0.5, 0.6) is 11.5 Å². The molecule has 1 aromatic heterocycles. The number of benzene rings is 3. The SMILES string of the molecule is O=C(N=C1SCC(=O)N1c1cc(Cl)ccc1OCC(F)(F)F)NOCCc1ccc(-c2ncn(-c3ccc(OC(F)(F)F)cc3)n2)cc1. The molecule has 1 fully saturated rings. The smallest absolute Gasteiger partial charge is 0.482 e. The van der Waals surface area contributed by atoms with Crippen LogP contribution in [0.15, 0.2) is 78.0 Å². The summed E-state index contributed by atoms with van der Waals surface area (Å²) in [5, 5.41) is 4.36. The Kier molecular flexibility index (Phi) is 10.4. The first-order valence-electron chi connectivity index (χ1n) is 13.6. The first kappa shape index (κ1) is 34.5. The van der Waals surface area contributed by atoms with Gasteiger partial charge in [-0.2, -0.15) is 18.2 Å². The molecular formula is C29H21ClF6N6O5S. The Labute approximate surface area is 276 Å². The van der Waals surface area contributed by atoms with E-state index in [-0.39, 0.29) is 39.7 Å². The summed E-state index contributed by atoms with van der Waals surface area (Å²) in [6.45, 7) is -1.57. The number of urea groups is 1. The van der Waals surface area contributed by atoms with E-state index in [1.54, 1.807) is 24.3 Å². The number of aromatic nitrogens is 3. The van der Waals surface area contributed by atoms with Crippen LogP contribution in [-0.4, -0.2) is 63.4 Å². The van der Waals surface area contributed by atoms with Crippen molar-refractivity contribution in [2.45, 2.75) is 19.0 Å². The second-order valence-corrected chi connectivity index (χ2v) is 11.1. The summed E-state index contributed by atoms with van der Waals surface area (Å²) < 4.78 is 85.5. The molecule has 0 unspecified atom stereocenters. The number of nitrogens with one attached hydrogen (secondary N) is 1. The minimum Gasteiger partial charge on any atom is -0.482 e. The summed E-state index contributed by atoms with van der Waals surface area (Å²) in [5.41, 5.74) is 4.00. The van der Waals surface area contributed by atoms with Gasteiger partial charge in [0.1, 0.15) is 17.8 Å². The van der Waals surface area contributed by atoms with Crippen molar-refractivity contribution in [2.24, 2.45) is 4.99 Å². The van der Waals surface area contributed by atoms with E-state index in [0.29, 0.717) is 23.5 Å². The number of hydroxylamine groups is 1. The molecule has 19 heteroatoms. The molecule has 1 N–H and O–H groups in total. The van der Waals surface area contributed by atoms with Gasteiger partial charge in [-0.1, -0.05) is 47.6 Å². The third-order valence-corrected chi connectivity index (χ3v) is 7.37. The van der Waals surface area contributed by atoms with Crippen molar-refractivity contribution >= 4 is 46.2 Å². The quantitative estimate of drug-likeness (QED) is 0.109. The van der Waals surface area contributed by atoms with Gasteiger partial charge in [-0.15, -0.1) is 18.3 Å². The zero-order chi connectivity index (χ0) is 34.5. The summed E-state index contributed by atoms with van der Waals surface area (Å²) in [5.74, 6) is -0.948. The number of alkyl halides is 6. The lowest BCUT2D eigenvalue weighted by Gasteiger charge is -2.20. The zero-order valence-electron chi connectivity index (χ0n) is 24.1. The highest BCUT2D eigenvalue weighted by molar-refractivity contribution is 8.15. The first-order valence-corrected chi connectivity index (χ1v) is 14.9. The number of hydrogen-bond acceptors (Lipinski definition) is 8. The van der Waals surface area contributed by atoms with Crippen molar-refractivity contribution in [3.8, 4) is 28.6 Å². The van der Waals surface area contributed by atoms with E-state index >= 15 is 0 Å². The highest BCUT2D eigenvalue weighted by Crippen LogP contribution is 2.37. The molecule has 48 heavy (non-hydrogen) atoms. The molecule has 0 saturated carbocycles. The van der Waals surface area contributed by atoms with Crippen molar-refractivity contribution in [2.75, 3.05) is 23.9 Å². The molecule has 0 atom stereocenters. The first-order chi connectivity index (χ1) is 22.7. The van der Waals surface area contributed by atoms with E-state index in [0.717, 1.165) is 34.4 Å². The van der Waals surface area contributed by atoms with Gasteiger partial charge < -0.3 is 9.47 Å². The minimum atomic E-state index is -4.79. The lowest BCUT2D eigenvalue weighted by Crippen LogP contribution is -2.32. The Balaban J connectivity index is 1.13. The molecule has 11 nitrogen and oxygen atoms in total. The number of carbonyl (C=O) groups excluding carboxylic acids is 2. The van der Waals surface area contributed by atoms with Gasteiger partial charge >= 0.3 is 18.6 Å². The monoisotopic (exact) mass is 714 g/mol. The number of amidine groups is 1. The molecule has 0 bridgehead atoms. The summed E-state index contributed by atoms with van der Waals surface area (Å²) in [6.07, 6.45) is -7.64. The highest BCUT2D eigenvalue weighted by atomic mass is 35.5. The van der Waals surface area contributed by atoms with Crippen molar-refractivity contribution < 1.29 is 50.2 Å². The number of anilines is 1.